The average molecular weight is 503 g/mol. The van der Waals surface area contributed by atoms with Gasteiger partial charge in [-0.15, -0.1) is 0 Å². The van der Waals surface area contributed by atoms with Crippen molar-refractivity contribution in [1.82, 2.24) is 0 Å². The number of thioether (sulfide) groups is 1. The third kappa shape index (κ3) is 6.76. The number of hydrogen-bond donors (Lipinski definition) is 0. The van der Waals surface area contributed by atoms with Gasteiger partial charge in [-0.05, 0) is 18.2 Å². The Balaban J connectivity index is 1.99. The van der Waals surface area contributed by atoms with Gasteiger partial charge in [-0.25, -0.2) is 0 Å². The molecule has 0 amide bonds. The minimum Gasteiger partial charge on any atom is -0.485 e. The van der Waals surface area contributed by atoms with Gasteiger partial charge >= 0.3 is 0 Å². The highest BCUT2D eigenvalue weighted by Crippen LogP contribution is 2.42. The van der Waals surface area contributed by atoms with E-state index in [1.54, 1.807) is 37.3 Å². The maximum Gasteiger partial charge on any atom is 0.186 e. The molecule has 0 aliphatic carbocycles. The van der Waals surface area contributed by atoms with E-state index in [1.807, 2.05) is 36.4 Å². The Labute approximate surface area is 208 Å². The molecule has 33 heavy (non-hydrogen) atoms. The molecule has 0 radical (unpaired) electrons. The molecule has 172 valence electrons. The van der Waals surface area contributed by atoms with Crippen LogP contribution in [0.4, 0.5) is 0 Å². The standard InChI is InChI=1S/C26H24Cl2O4S/c1-3-23(30)26(33-17(2)29)20-11-8-14-24(31-15-18-9-4-6-12-21(18)27)25(20)32-16-19-10-5-7-13-22(19)28/h4-14,26H,3,15-16H2,1-2H3. The number of benzene rings is 3. The van der Waals surface area contributed by atoms with Crippen LogP contribution in [0.3, 0.4) is 0 Å². The predicted octanol–water partition coefficient (Wildman–Crippen LogP) is 7.45. The van der Waals surface area contributed by atoms with Crippen LogP contribution in [-0.4, -0.2) is 10.9 Å². The maximum absolute atomic E-state index is 12.8. The van der Waals surface area contributed by atoms with Crippen LogP contribution in [0.5, 0.6) is 11.5 Å². The zero-order valence-electron chi connectivity index (χ0n) is 18.3. The third-order valence-corrected chi connectivity index (χ3v) is 6.71. The SMILES string of the molecule is CCC(=O)C(SC(C)=O)c1cccc(OCc2ccccc2Cl)c1OCc1ccccc1Cl. The molecular formula is C26H24Cl2O4S. The first-order chi connectivity index (χ1) is 15.9. The van der Waals surface area contributed by atoms with Crippen LogP contribution in [0.1, 0.15) is 42.2 Å². The summed E-state index contributed by atoms with van der Waals surface area (Å²) in [4.78, 5) is 24.7. The van der Waals surface area contributed by atoms with Gasteiger partial charge in [0.05, 0.1) is 5.25 Å². The molecule has 0 aliphatic heterocycles. The Hall–Kier alpha value is -2.47. The predicted molar refractivity (Wildman–Crippen MR) is 134 cm³/mol. The number of carbonyl (C=O) groups is 2. The highest BCUT2D eigenvalue weighted by Gasteiger charge is 2.27. The molecule has 0 heterocycles. The lowest BCUT2D eigenvalue weighted by Gasteiger charge is -2.21. The topological polar surface area (TPSA) is 52.6 Å². The maximum atomic E-state index is 12.8. The molecular weight excluding hydrogens is 479 g/mol. The van der Waals surface area contributed by atoms with Crippen molar-refractivity contribution < 1.29 is 19.1 Å². The van der Waals surface area contributed by atoms with Crippen LogP contribution in [0.2, 0.25) is 10.0 Å². The lowest BCUT2D eigenvalue weighted by atomic mass is 10.0. The molecule has 1 atom stereocenters. The lowest BCUT2D eigenvalue weighted by Crippen LogP contribution is -2.13. The van der Waals surface area contributed by atoms with Crippen LogP contribution >= 0.6 is 35.0 Å². The van der Waals surface area contributed by atoms with Crippen LogP contribution in [0, 0.1) is 0 Å². The Morgan fingerprint density at radius 1 is 0.848 bits per heavy atom. The van der Waals surface area contributed by atoms with Gasteiger partial charge in [0.2, 0.25) is 0 Å². The van der Waals surface area contributed by atoms with E-state index >= 15 is 0 Å². The summed E-state index contributed by atoms with van der Waals surface area (Å²) >= 11 is 13.6. The van der Waals surface area contributed by atoms with Gasteiger partial charge in [0.1, 0.15) is 13.2 Å². The minimum absolute atomic E-state index is 0.0685. The second-order valence-electron chi connectivity index (χ2n) is 7.24. The van der Waals surface area contributed by atoms with Crippen LogP contribution in [0.15, 0.2) is 66.7 Å². The molecule has 3 aromatic carbocycles. The summed E-state index contributed by atoms with van der Waals surface area (Å²) in [5.41, 5.74) is 2.20. The van der Waals surface area contributed by atoms with Gasteiger partial charge in [0.25, 0.3) is 0 Å². The lowest BCUT2D eigenvalue weighted by molar-refractivity contribution is -0.118. The molecule has 0 aromatic heterocycles. The van der Waals surface area contributed by atoms with Crippen molar-refractivity contribution in [2.75, 3.05) is 0 Å². The van der Waals surface area contributed by atoms with Crippen LogP contribution in [-0.2, 0) is 22.8 Å². The number of Topliss-reactive ketones (excluding diaryl/α,β-unsaturated/α-hetero) is 1. The smallest absolute Gasteiger partial charge is 0.186 e. The zero-order chi connectivity index (χ0) is 23.8. The molecule has 0 saturated heterocycles. The summed E-state index contributed by atoms with van der Waals surface area (Å²) < 4.78 is 12.3. The summed E-state index contributed by atoms with van der Waals surface area (Å²) in [6.07, 6.45) is 0.291. The molecule has 1 unspecified atom stereocenters. The molecule has 0 fully saturated rings. The number of para-hydroxylation sites is 1. The van der Waals surface area contributed by atoms with Crippen molar-refractivity contribution in [2.24, 2.45) is 0 Å². The number of hydrogen-bond acceptors (Lipinski definition) is 5. The van der Waals surface area contributed by atoms with E-state index in [0.717, 1.165) is 22.9 Å². The first-order valence-electron chi connectivity index (χ1n) is 10.5. The highest BCUT2D eigenvalue weighted by molar-refractivity contribution is 8.14. The zero-order valence-corrected chi connectivity index (χ0v) is 20.7. The normalized spacial score (nSPS) is 11.6. The van der Waals surface area contributed by atoms with E-state index in [-0.39, 0.29) is 24.1 Å². The Morgan fingerprint density at radius 3 is 1.97 bits per heavy atom. The molecule has 4 nitrogen and oxygen atoms in total. The number of rotatable bonds is 10. The van der Waals surface area contributed by atoms with Crippen molar-refractivity contribution >= 4 is 45.9 Å². The van der Waals surface area contributed by atoms with Crippen molar-refractivity contribution in [1.29, 1.82) is 0 Å². The molecule has 3 rings (SSSR count). The van der Waals surface area contributed by atoms with E-state index in [9.17, 15) is 9.59 Å². The van der Waals surface area contributed by atoms with Gasteiger partial charge in [0, 0.05) is 40.1 Å². The Bertz CT molecular complexity index is 1130. The first-order valence-corrected chi connectivity index (χ1v) is 12.1. The number of halogens is 2. The molecule has 0 spiro atoms. The van der Waals surface area contributed by atoms with Gasteiger partial charge < -0.3 is 9.47 Å². The second-order valence-corrected chi connectivity index (χ2v) is 9.34. The van der Waals surface area contributed by atoms with E-state index in [1.165, 1.54) is 6.92 Å². The summed E-state index contributed by atoms with van der Waals surface area (Å²) in [6.45, 7) is 3.62. The summed E-state index contributed by atoms with van der Waals surface area (Å²) in [5.74, 6) is 0.795. The monoisotopic (exact) mass is 502 g/mol. The molecule has 7 heteroatoms. The highest BCUT2D eigenvalue weighted by atomic mass is 35.5. The van der Waals surface area contributed by atoms with Gasteiger partial charge in [0.15, 0.2) is 22.4 Å². The molecule has 0 aliphatic rings. The van der Waals surface area contributed by atoms with E-state index in [4.69, 9.17) is 32.7 Å². The molecule has 0 bridgehead atoms. The largest absolute Gasteiger partial charge is 0.485 e. The minimum atomic E-state index is -0.697. The second kappa shape index (κ2) is 12.1. The first kappa shape index (κ1) is 25.2. The van der Waals surface area contributed by atoms with Gasteiger partial charge in [-0.2, -0.15) is 0 Å². The molecule has 0 saturated carbocycles. The van der Waals surface area contributed by atoms with Crippen LogP contribution in [0.25, 0.3) is 0 Å². The summed E-state index contributed by atoms with van der Waals surface area (Å²) in [7, 11) is 0. The Morgan fingerprint density at radius 2 is 1.42 bits per heavy atom. The van der Waals surface area contributed by atoms with Crippen molar-refractivity contribution in [3.8, 4) is 11.5 Å². The fraction of sp³-hybridized carbons (Fsp3) is 0.231. The summed E-state index contributed by atoms with van der Waals surface area (Å²) in [6, 6.07) is 20.1. The number of ketones is 1. The quantitative estimate of drug-likeness (QED) is 0.288. The third-order valence-electron chi connectivity index (χ3n) is 4.89. The van der Waals surface area contributed by atoms with Gasteiger partial charge in [-0.3, -0.25) is 9.59 Å². The van der Waals surface area contributed by atoms with Crippen molar-refractivity contribution in [3.05, 3.63) is 93.5 Å². The van der Waals surface area contributed by atoms with Crippen LogP contribution < -0.4 is 9.47 Å². The van der Waals surface area contributed by atoms with Crippen molar-refractivity contribution in [2.45, 2.75) is 38.7 Å². The fourth-order valence-electron chi connectivity index (χ4n) is 3.20. The van der Waals surface area contributed by atoms with Crippen molar-refractivity contribution in [3.63, 3.8) is 0 Å². The number of carbonyl (C=O) groups excluding carboxylic acids is 2. The average Bonchev–Trinajstić information content (AvgIpc) is 2.81. The van der Waals surface area contributed by atoms with E-state index < -0.39 is 5.25 Å². The summed E-state index contributed by atoms with van der Waals surface area (Å²) in [5, 5.41) is 0.324. The molecule has 0 N–H and O–H groups in total. The van der Waals surface area contributed by atoms with Gasteiger partial charge in [-0.1, -0.05) is 90.4 Å². The fourth-order valence-corrected chi connectivity index (χ4v) is 4.52. The number of ether oxygens (including phenoxy) is 2. The van der Waals surface area contributed by atoms with E-state index in [0.29, 0.717) is 33.5 Å². The Kier molecular flexibility index (Phi) is 9.24. The van der Waals surface area contributed by atoms with E-state index in [2.05, 4.69) is 0 Å². The molecule has 3 aromatic rings.